The Labute approximate surface area is 135 Å². The Morgan fingerprint density at radius 3 is 2.55 bits per heavy atom. The van der Waals surface area contributed by atoms with Crippen molar-refractivity contribution in [1.29, 1.82) is 0 Å². The Balaban J connectivity index is 1.74. The van der Waals surface area contributed by atoms with Crippen molar-refractivity contribution in [3.8, 4) is 0 Å². The van der Waals surface area contributed by atoms with E-state index in [1.54, 1.807) is 0 Å². The van der Waals surface area contributed by atoms with Gasteiger partial charge in [-0.05, 0) is 58.3 Å². The third-order valence-corrected chi connectivity index (χ3v) is 4.83. The van der Waals surface area contributed by atoms with Gasteiger partial charge in [0.2, 0.25) is 0 Å². The summed E-state index contributed by atoms with van der Waals surface area (Å²) in [7, 11) is 0. The van der Waals surface area contributed by atoms with E-state index < -0.39 is 5.60 Å². The number of alkyl carbamates (subject to hydrolysis) is 1. The minimum absolute atomic E-state index is 0.285. The maximum Gasteiger partial charge on any atom is 0.407 e. The number of nitrogens with one attached hydrogen (secondary N) is 2. The zero-order valence-corrected chi connectivity index (χ0v) is 14.8. The largest absolute Gasteiger partial charge is 0.444 e. The van der Waals surface area contributed by atoms with Gasteiger partial charge < -0.3 is 15.4 Å². The summed E-state index contributed by atoms with van der Waals surface area (Å²) >= 11 is 0. The lowest BCUT2D eigenvalue weighted by molar-refractivity contribution is 0.0510. The van der Waals surface area contributed by atoms with Crippen LogP contribution in [-0.4, -0.2) is 30.3 Å². The topological polar surface area (TPSA) is 50.4 Å². The van der Waals surface area contributed by atoms with Crippen LogP contribution < -0.4 is 10.6 Å². The predicted octanol–water partition coefficient (Wildman–Crippen LogP) is 3.85. The summed E-state index contributed by atoms with van der Waals surface area (Å²) in [4.78, 5) is 11.8. The molecule has 0 heterocycles. The normalized spacial score (nSPS) is 31.6. The molecule has 4 unspecified atom stereocenters. The first-order valence-electron chi connectivity index (χ1n) is 9.12. The fourth-order valence-corrected chi connectivity index (χ4v) is 3.62. The average molecular weight is 310 g/mol. The highest BCUT2D eigenvalue weighted by Gasteiger charge is 2.39. The zero-order valence-electron chi connectivity index (χ0n) is 14.8. The first-order valence-corrected chi connectivity index (χ1v) is 9.12. The van der Waals surface area contributed by atoms with Crippen LogP contribution in [0.5, 0.6) is 0 Å². The van der Waals surface area contributed by atoms with Gasteiger partial charge in [0.25, 0.3) is 0 Å². The van der Waals surface area contributed by atoms with Gasteiger partial charge in [0.15, 0.2) is 0 Å². The molecule has 22 heavy (non-hydrogen) atoms. The number of amides is 1. The molecule has 2 N–H and O–H groups in total. The van der Waals surface area contributed by atoms with Crippen LogP contribution in [0.25, 0.3) is 0 Å². The first kappa shape index (κ1) is 17.6. The number of ether oxygens (including phenoxy) is 1. The van der Waals surface area contributed by atoms with E-state index in [-0.39, 0.29) is 6.09 Å². The second kappa shape index (κ2) is 7.67. The van der Waals surface area contributed by atoms with Gasteiger partial charge in [-0.3, -0.25) is 0 Å². The van der Waals surface area contributed by atoms with Gasteiger partial charge in [0.05, 0.1) is 0 Å². The predicted molar refractivity (Wildman–Crippen MR) is 89.9 cm³/mol. The maximum absolute atomic E-state index is 11.8. The van der Waals surface area contributed by atoms with Gasteiger partial charge in [0.1, 0.15) is 5.60 Å². The van der Waals surface area contributed by atoms with Gasteiger partial charge >= 0.3 is 6.09 Å². The Morgan fingerprint density at radius 2 is 1.86 bits per heavy atom. The summed E-state index contributed by atoms with van der Waals surface area (Å²) in [5.41, 5.74) is -0.421. The lowest BCUT2D eigenvalue weighted by Gasteiger charge is -2.33. The van der Waals surface area contributed by atoms with Crippen molar-refractivity contribution in [2.45, 2.75) is 90.3 Å². The molecule has 128 valence electrons. The van der Waals surface area contributed by atoms with E-state index in [1.165, 1.54) is 44.9 Å². The molecule has 0 aromatic heterocycles. The summed E-state index contributed by atoms with van der Waals surface area (Å²) in [6.45, 7) is 8.71. The van der Waals surface area contributed by atoms with Gasteiger partial charge in [-0.15, -0.1) is 0 Å². The molecule has 4 atom stereocenters. The van der Waals surface area contributed by atoms with Crippen molar-refractivity contribution in [3.63, 3.8) is 0 Å². The second-order valence-electron chi connectivity index (χ2n) is 8.09. The van der Waals surface area contributed by atoms with Crippen LogP contribution in [0, 0.1) is 11.8 Å². The highest BCUT2D eigenvalue weighted by atomic mass is 16.6. The number of carbonyl (C=O) groups excluding carboxylic acids is 1. The van der Waals surface area contributed by atoms with Gasteiger partial charge in [-0.25, -0.2) is 4.79 Å². The maximum atomic E-state index is 11.8. The third-order valence-electron chi connectivity index (χ3n) is 4.83. The average Bonchev–Trinajstić information content (AvgIpc) is 3.14. The van der Waals surface area contributed by atoms with E-state index in [0.29, 0.717) is 12.0 Å². The molecule has 2 aliphatic rings. The molecule has 2 fully saturated rings. The molecular weight excluding hydrogens is 276 g/mol. The molecular formula is C18H34N2O2. The third kappa shape index (κ3) is 5.79. The summed E-state index contributed by atoms with van der Waals surface area (Å²) < 4.78 is 5.34. The van der Waals surface area contributed by atoms with Crippen LogP contribution in [0.4, 0.5) is 4.79 Å². The van der Waals surface area contributed by atoms with Crippen LogP contribution in [-0.2, 0) is 4.74 Å². The van der Waals surface area contributed by atoms with E-state index >= 15 is 0 Å². The van der Waals surface area contributed by atoms with Gasteiger partial charge in [-0.1, -0.05) is 26.2 Å². The molecule has 0 aromatic carbocycles. The highest BCUT2D eigenvalue weighted by Crippen LogP contribution is 2.37. The number of hydrogen-bond donors (Lipinski definition) is 2. The summed E-state index contributed by atoms with van der Waals surface area (Å²) in [6, 6.07) is 1.29. The van der Waals surface area contributed by atoms with Crippen molar-refractivity contribution in [3.05, 3.63) is 0 Å². The van der Waals surface area contributed by atoms with E-state index in [1.807, 2.05) is 20.8 Å². The van der Waals surface area contributed by atoms with Crippen molar-refractivity contribution in [2.24, 2.45) is 11.8 Å². The van der Waals surface area contributed by atoms with Crippen LogP contribution in [0.3, 0.4) is 0 Å². The molecule has 0 radical (unpaired) electrons. The van der Waals surface area contributed by atoms with Crippen molar-refractivity contribution in [1.82, 2.24) is 10.6 Å². The summed E-state index contributed by atoms with van der Waals surface area (Å²) in [5.74, 6) is 1.44. The minimum Gasteiger partial charge on any atom is -0.444 e. The molecule has 2 rings (SSSR count). The molecule has 2 aliphatic carbocycles. The van der Waals surface area contributed by atoms with Gasteiger partial charge in [0, 0.05) is 18.6 Å². The molecule has 0 spiro atoms. The molecule has 0 aromatic rings. The Kier molecular flexibility index (Phi) is 6.13. The quantitative estimate of drug-likeness (QED) is 0.783. The summed E-state index contributed by atoms with van der Waals surface area (Å²) in [6.07, 6.45) is 8.74. The molecule has 4 nitrogen and oxygen atoms in total. The van der Waals surface area contributed by atoms with Crippen LogP contribution >= 0.6 is 0 Å². The fraction of sp³-hybridized carbons (Fsp3) is 0.944. The number of hydrogen-bond acceptors (Lipinski definition) is 3. The zero-order chi connectivity index (χ0) is 16.2. The highest BCUT2D eigenvalue weighted by molar-refractivity contribution is 5.67. The first-order chi connectivity index (χ1) is 10.4. The van der Waals surface area contributed by atoms with E-state index in [9.17, 15) is 4.79 Å². The van der Waals surface area contributed by atoms with Crippen molar-refractivity contribution >= 4 is 6.09 Å². The van der Waals surface area contributed by atoms with Crippen molar-refractivity contribution in [2.75, 3.05) is 6.54 Å². The molecule has 0 bridgehead atoms. The minimum atomic E-state index is -0.421. The molecule has 1 amide bonds. The molecule has 2 saturated carbocycles. The smallest absolute Gasteiger partial charge is 0.407 e. The SMILES string of the molecule is CCCC1CC1NC1CCCCC1CNC(=O)OC(C)(C)C. The van der Waals surface area contributed by atoms with E-state index in [4.69, 9.17) is 4.74 Å². The Hall–Kier alpha value is -0.770. The molecule has 4 heteroatoms. The van der Waals surface area contributed by atoms with E-state index in [0.717, 1.165) is 18.5 Å². The monoisotopic (exact) mass is 310 g/mol. The summed E-state index contributed by atoms with van der Waals surface area (Å²) in [5, 5.41) is 6.83. The van der Waals surface area contributed by atoms with Crippen LogP contribution in [0.15, 0.2) is 0 Å². The Morgan fingerprint density at radius 1 is 1.14 bits per heavy atom. The second-order valence-corrected chi connectivity index (χ2v) is 8.09. The van der Waals surface area contributed by atoms with Crippen molar-refractivity contribution < 1.29 is 9.53 Å². The van der Waals surface area contributed by atoms with Gasteiger partial charge in [-0.2, -0.15) is 0 Å². The number of carbonyl (C=O) groups is 1. The number of rotatable bonds is 6. The fourth-order valence-electron chi connectivity index (χ4n) is 3.62. The van der Waals surface area contributed by atoms with Crippen LogP contribution in [0.1, 0.15) is 72.6 Å². The standard InChI is InChI=1S/C18H34N2O2/c1-5-8-13-11-16(13)20-15-10-7-6-9-14(15)12-19-17(21)22-18(2,3)4/h13-16,20H,5-12H2,1-4H3,(H,19,21). The molecule has 0 aliphatic heterocycles. The Bertz CT molecular complexity index is 365. The molecule has 0 saturated heterocycles. The lowest BCUT2D eigenvalue weighted by atomic mass is 9.84. The van der Waals surface area contributed by atoms with Crippen LogP contribution in [0.2, 0.25) is 0 Å². The lowest BCUT2D eigenvalue weighted by Crippen LogP contribution is -2.46. The van der Waals surface area contributed by atoms with E-state index in [2.05, 4.69) is 17.6 Å².